The fourth-order valence-corrected chi connectivity index (χ4v) is 8.79. The van der Waals surface area contributed by atoms with E-state index in [4.69, 9.17) is 4.98 Å². The van der Waals surface area contributed by atoms with E-state index in [0.29, 0.717) is 0 Å². The van der Waals surface area contributed by atoms with Crippen LogP contribution in [0.3, 0.4) is 0 Å². The molecule has 2 heterocycles. The molecule has 0 aliphatic carbocycles. The number of fused-ring (bicyclic) bond motifs is 3. The molecule has 3 heteroatoms. The van der Waals surface area contributed by atoms with Crippen molar-refractivity contribution in [1.29, 1.82) is 0 Å². The second kappa shape index (κ2) is 16.1. The van der Waals surface area contributed by atoms with E-state index in [9.17, 15) is 0 Å². The molecule has 0 saturated carbocycles. The van der Waals surface area contributed by atoms with Gasteiger partial charge >= 0.3 is 0 Å². The number of para-hydroxylation sites is 1. The quantitative estimate of drug-likeness (QED) is 0.145. The molecule has 0 aliphatic heterocycles. The minimum atomic E-state index is 1.10. The number of rotatable bonds is 9. The lowest BCUT2D eigenvalue weighted by atomic mass is 9.98. The first-order chi connectivity index (χ1) is 30.7. The van der Waals surface area contributed by atoms with Crippen LogP contribution in [0.4, 0.5) is 17.1 Å². The molecule has 0 aliphatic rings. The second-order valence-electron chi connectivity index (χ2n) is 15.6. The lowest BCUT2D eigenvalue weighted by Crippen LogP contribution is -2.09. The van der Waals surface area contributed by atoms with Crippen molar-refractivity contribution in [3.63, 3.8) is 0 Å². The van der Waals surface area contributed by atoms with Crippen molar-refractivity contribution in [3.05, 3.63) is 249 Å². The van der Waals surface area contributed by atoms with Crippen LogP contribution in [-0.4, -0.2) is 9.55 Å². The third-order valence-electron chi connectivity index (χ3n) is 11.9. The van der Waals surface area contributed by atoms with Crippen LogP contribution in [0.2, 0.25) is 0 Å². The molecule has 2 aromatic heterocycles. The minimum Gasteiger partial charge on any atom is -0.311 e. The number of anilines is 3. The van der Waals surface area contributed by atoms with Gasteiger partial charge in [-0.2, -0.15) is 0 Å². The summed E-state index contributed by atoms with van der Waals surface area (Å²) in [7, 11) is 0. The number of nitrogens with zero attached hydrogens (tertiary/aromatic N) is 3. The van der Waals surface area contributed by atoms with Gasteiger partial charge in [0.15, 0.2) is 0 Å². The molecule has 0 radical (unpaired) electrons. The van der Waals surface area contributed by atoms with Crippen molar-refractivity contribution >= 4 is 38.9 Å². The van der Waals surface area contributed by atoms with Crippen LogP contribution in [0.15, 0.2) is 249 Å². The zero-order chi connectivity index (χ0) is 41.2. The first-order valence-electron chi connectivity index (χ1n) is 21.1. The Morgan fingerprint density at radius 2 is 0.677 bits per heavy atom. The molecule has 0 fully saturated rings. The van der Waals surface area contributed by atoms with Crippen LogP contribution in [0, 0.1) is 0 Å². The highest BCUT2D eigenvalue weighted by molar-refractivity contribution is 6.14. The number of hydrogen-bond acceptors (Lipinski definition) is 2. The molecule has 0 spiro atoms. The predicted octanol–water partition coefficient (Wildman–Crippen LogP) is 16.0. The number of hydrogen-bond donors (Lipinski definition) is 0. The third kappa shape index (κ3) is 6.92. The Morgan fingerprint density at radius 3 is 1.15 bits per heavy atom. The molecular weight excluding hydrogens is 751 g/mol. The molecule has 11 rings (SSSR count). The van der Waals surface area contributed by atoms with Crippen LogP contribution < -0.4 is 4.90 Å². The Morgan fingerprint density at radius 1 is 0.306 bits per heavy atom. The summed E-state index contributed by atoms with van der Waals surface area (Å²) in [4.78, 5) is 7.09. The average molecular weight is 792 g/mol. The SMILES string of the molecule is c1ccc(-c2ccc(N(c3ccc(-c4ccccc4)cc3)c3ccc(-c4ccc(-c5ccc6c(c5)c5cncc(-c7ccccc7)c5n6-c5ccccc5)cc4)cc3)cc2)cc1. The molecule has 3 nitrogen and oxygen atoms in total. The first kappa shape index (κ1) is 36.8. The Bertz CT molecular complexity index is 3180. The van der Waals surface area contributed by atoms with Crippen LogP contribution in [0.1, 0.15) is 0 Å². The van der Waals surface area contributed by atoms with Crippen LogP contribution >= 0.6 is 0 Å². The van der Waals surface area contributed by atoms with Gasteiger partial charge in [-0.25, -0.2) is 0 Å². The van der Waals surface area contributed by atoms with E-state index in [-0.39, 0.29) is 0 Å². The van der Waals surface area contributed by atoms with E-state index < -0.39 is 0 Å². The lowest BCUT2D eigenvalue weighted by Gasteiger charge is -2.26. The average Bonchev–Trinajstić information content (AvgIpc) is 3.70. The summed E-state index contributed by atoms with van der Waals surface area (Å²) in [5.74, 6) is 0. The van der Waals surface area contributed by atoms with Gasteiger partial charge in [0.2, 0.25) is 0 Å². The number of aromatic nitrogens is 2. The van der Waals surface area contributed by atoms with Gasteiger partial charge in [-0.15, -0.1) is 0 Å². The molecule has 0 bridgehead atoms. The summed E-state index contributed by atoms with van der Waals surface area (Å²) in [6.07, 6.45) is 4.01. The van der Waals surface area contributed by atoms with Gasteiger partial charge in [-0.05, 0) is 111 Å². The molecule has 292 valence electrons. The summed E-state index contributed by atoms with van der Waals surface area (Å²) in [5, 5.41) is 2.32. The highest BCUT2D eigenvalue weighted by Crippen LogP contribution is 2.41. The highest BCUT2D eigenvalue weighted by Gasteiger charge is 2.18. The van der Waals surface area contributed by atoms with E-state index in [2.05, 4.69) is 246 Å². The summed E-state index contributed by atoms with van der Waals surface area (Å²) >= 11 is 0. The van der Waals surface area contributed by atoms with Gasteiger partial charge in [0.1, 0.15) is 0 Å². The molecule has 9 aromatic carbocycles. The molecule has 11 aromatic rings. The molecule has 0 unspecified atom stereocenters. The van der Waals surface area contributed by atoms with E-state index in [1.54, 1.807) is 0 Å². The van der Waals surface area contributed by atoms with Gasteiger partial charge in [-0.3, -0.25) is 4.98 Å². The van der Waals surface area contributed by atoms with Crippen molar-refractivity contribution in [2.75, 3.05) is 4.90 Å². The van der Waals surface area contributed by atoms with Crippen molar-refractivity contribution < 1.29 is 0 Å². The predicted molar refractivity (Wildman–Crippen MR) is 260 cm³/mol. The summed E-state index contributed by atoms with van der Waals surface area (Å²) in [6.45, 7) is 0. The smallest absolute Gasteiger partial charge is 0.0650 e. The molecule has 62 heavy (non-hydrogen) atoms. The van der Waals surface area contributed by atoms with Crippen molar-refractivity contribution in [2.24, 2.45) is 0 Å². The molecule has 0 N–H and O–H groups in total. The molecule has 0 amide bonds. The van der Waals surface area contributed by atoms with Crippen molar-refractivity contribution in [1.82, 2.24) is 9.55 Å². The number of pyridine rings is 1. The Kier molecular flexibility index (Phi) is 9.53. The first-order valence-corrected chi connectivity index (χ1v) is 21.1. The fourth-order valence-electron chi connectivity index (χ4n) is 8.79. The van der Waals surface area contributed by atoms with E-state index in [1.165, 1.54) is 49.9 Å². The minimum absolute atomic E-state index is 1.10. The van der Waals surface area contributed by atoms with Gasteiger partial charge in [0.25, 0.3) is 0 Å². The normalized spacial score (nSPS) is 11.2. The Balaban J connectivity index is 0.921. The lowest BCUT2D eigenvalue weighted by molar-refractivity contribution is 1.18. The van der Waals surface area contributed by atoms with Crippen LogP contribution in [0.5, 0.6) is 0 Å². The van der Waals surface area contributed by atoms with E-state index in [1.807, 2.05) is 12.4 Å². The Hall–Kier alpha value is -8.27. The summed E-state index contributed by atoms with van der Waals surface area (Å²) < 4.78 is 2.38. The topological polar surface area (TPSA) is 21.1 Å². The molecular formula is C59H41N3. The van der Waals surface area contributed by atoms with Gasteiger partial charge in [0, 0.05) is 51.5 Å². The zero-order valence-corrected chi connectivity index (χ0v) is 34.0. The van der Waals surface area contributed by atoms with Gasteiger partial charge < -0.3 is 9.47 Å². The monoisotopic (exact) mass is 791 g/mol. The third-order valence-corrected chi connectivity index (χ3v) is 11.9. The number of benzene rings is 9. The summed E-state index contributed by atoms with van der Waals surface area (Å²) in [6, 6.07) is 84.7. The summed E-state index contributed by atoms with van der Waals surface area (Å²) in [5.41, 5.74) is 18.5. The molecule has 0 atom stereocenters. The maximum atomic E-state index is 4.76. The maximum Gasteiger partial charge on any atom is 0.0650 e. The fraction of sp³-hybridized carbons (Fsp3) is 0. The van der Waals surface area contributed by atoms with Crippen LogP contribution in [-0.2, 0) is 0 Å². The van der Waals surface area contributed by atoms with Gasteiger partial charge in [-0.1, -0.05) is 176 Å². The largest absolute Gasteiger partial charge is 0.311 e. The Labute approximate surface area is 362 Å². The van der Waals surface area contributed by atoms with E-state index >= 15 is 0 Å². The van der Waals surface area contributed by atoms with E-state index in [0.717, 1.165) is 50.3 Å². The highest BCUT2D eigenvalue weighted by atomic mass is 15.1. The maximum absolute atomic E-state index is 4.76. The van der Waals surface area contributed by atoms with Gasteiger partial charge in [0.05, 0.1) is 11.0 Å². The second-order valence-corrected chi connectivity index (χ2v) is 15.6. The van der Waals surface area contributed by atoms with Crippen molar-refractivity contribution in [3.8, 4) is 61.3 Å². The molecule has 0 saturated heterocycles. The van der Waals surface area contributed by atoms with Crippen molar-refractivity contribution in [2.45, 2.75) is 0 Å². The zero-order valence-electron chi connectivity index (χ0n) is 34.0. The van der Waals surface area contributed by atoms with Crippen LogP contribution in [0.25, 0.3) is 83.1 Å². The standard InChI is InChI=1S/C59H41N3/c1-5-13-42(14-6-1)45-25-32-52(33-26-45)61(53-34-27-46(28-35-53)43-15-7-2-8-16-43)54-36-29-47(30-37-54)44-21-23-48(24-22-44)50-31-38-58-55(39-50)57-41-60-40-56(49-17-9-3-10-18-49)59(57)62(58)51-19-11-4-12-20-51/h1-41H.